The van der Waals surface area contributed by atoms with Gasteiger partial charge in [0.25, 0.3) is 0 Å². The molecule has 6 nitrogen and oxygen atoms in total. The van der Waals surface area contributed by atoms with Gasteiger partial charge < -0.3 is 9.15 Å². The van der Waals surface area contributed by atoms with Gasteiger partial charge in [0.2, 0.25) is 5.88 Å². The number of ketones is 1. The first-order valence-electron chi connectivity index (χ1n) is 8.92. The van der Waals surface area contributed by atoms with Crippen LogP contribution < -0.4 is 10.5 Å². The Morgan fingerprint density at radius 2 is 1.93 bits per heavy atom. The molecule has 0 radical (unpaired) electrons. The van der Waals surface area contributed by atoms with Crippen molar-refractivity contribution in [1.82, 2.24) is 9.55 Å². The number of hydrogen-bond donors (Lipinski definition) is 0. The van der Waals surface area contributed by atoms with Crippen LogP contribution in [-0.2, 0) is 13.7 Å². The van der Waals surface area contributed by atoms with Crippen LogP contribution >= 0.6 is 11.6 Å². The normalized spacial score (nSPS) is 11.0. The fourth-order valence-corrected chi connectivity index (χ4v) is 3.44. The van der Waals surface area contributed by atoms with Gasteiger partial charge in [0, 0.05) is 24.2 Å². The Hall–Kier alpha value is -3.38. The Balaban J connectivity index is 1.68. The summed E-state index contributed by atoms with van der Waals surface area (Å²) < 4.78 is 12.3. The summed E-state index contributed by atoms with van der Waals surface area (Å²) >= 11 is 6.12. The highest BCUT2D eigenvalue weighted by Crippen LogP contribution is 2.25. The quantitative estimate of drug-likeness (QED) is 0.363. The highest BCUT2D eigenvalue weighted by molar-refractivity contribution is 6.30. The highest BCUT2D eigenvalue weighted by Gasteiger charge is 2.19. The molecule has 2 aromatic heterocycles. The molecule has 146 valence electrons. The summed E-state index contributed by atoms with van der Waals surface area (Å²) in [6, 6.07) is 15.9. The Morgan fingerprint density at radius 3 is 2.69 bits per heavy atom. The lowest BCUT2D eigenvalue weighted by Crippen LogP contribution is -2.10. The standard InChI is InChI=1S/C22H17ClN2O4/c1-13-16(8-9-17-20(13)25(2)22(27)29-17)21(26)15-10-18(23)24-19(11-15)28-12-14-6-4-3-5-7-14/h3-11H,12H2,1-2H3. The van der Waals surface area contributed by atoms with Crippen LogP contribution in [0.25, 0.3) is 11.1 Å². The van der Waals surface area contributed by atoms with Crippen molar-refractivity contribution in [2.45, 2.75) is 13.5 Å². The molecule has 0 spiro atoms. The second kappa shape index (κ2) is 7.56. The van der Waals surface area contributed by atoms with E-state index in [4.69, 9.17) is 20.8 Å². The van der Waals surface area contributed by atoms with Gasteiger partial charge in [-0.3, -0.25) is 9.36 Å². The van der Waals surface area contributed by atoms with E-state index in [-0.39, 0.29) is 16.8 Å². The number of pyridine rings is 1. The minimum Gasteiger partial charge on any atom is -0.473 e. The van der Waals surface area contributed by atoms with Crippen LogP contribution in [0.4, 0.5) is 0 Å². The predicted molar refractivity (Wildman–Crippen MR) is 110 cm³/mol. The Labute approximate surface area is 171 Å². The number of hydrogen-bond acceptors (Lipinski definition) is 5. The molecule has 2 heterocycles. The molecule has 29 heavy (non-hydrogen) atoms. The van der Waals surface area contributed by atoms with Crippen molar-refractivity contribution in [1.29, 1.82) is 0 Å². The lowest BCUT2D eigenvalue weighted by molar-refractivity contribution is 0.103. The number of fused-ring (bicyclic) bond motifs is 1. The molecule has 0 unspecified atom stereocenters. The van der Waals surface area contributed by atoms with Crippen LogP contribution in [-0.4, -0.2) is 15.3 Å². The molecule has 7 heteroatoms. The molecule has 0 N–H and O–H groups in total. The van der Waals surface area contributed by atoms with Crippen LogP contribution in [0.2, 0.25) is 5.15 Å². The maximum atomic E-state index is 13.1. The van der Waals surface area contributed by atoms with Gasteiger partial charge >= 0.3 is 5.76 Å². The van der Waals surface area contributed by atoms with Crippen LogP contribution in [0, 0.1) is 6.92 Å². The Kier molecular flexibility index (Phi) is 4.94. The molecule has 2 aromatic carbocycles. The average Bonchev–Trinajstić information content (AvgIpc) is 3.01. The largest absolute Gasteiger partial charge is 0.473 e. The van der Waals surface area contributed by atoms with Gasteiger partial charge in [-0.25, -0.2) is 9.78 Å². The first-order chi connectivity index (χ1) is 13.9. The van der Waals surface area contributed by atoms with Crippen LogP contribution in [0.3, 0.4) is 0 Å². The van der Waals surface area contributed by atoms with Gasteiger partial charge in [0.1, 0.15) is 11.8 Å². The summed E-state index contributed by atoms with van der Waals surface area (Å²) in [6.07, 6.45) is 0. The minimum absolute atomic E-state index is 0.161. The number of aryl methyl sites for hydroxylation is 2. The van der Waals surface area contributed by atoms with Crippen LogP contribution in [0.1, 0.15) is 27.0 Å². The monoisotopic (exact) mass is 408 g/mol. The number of nitrogens with zero attached hydrogens (tertiary/aromatic N) is 2. The fraction of sp³-hybridized carbons (Fsp3) is 0.136. The molecule has 0 aliphatic heterocycles. The molecule has 0 amide bonds. The summed E-state index contributed by atoms with van der Waals surface area (Å²) in [5.74, 6) is -0.456. The third-order valence-corrected chi connectivity index (χ3v) is 4.90. The zero-order valence-corrected chi connectivity index (χ0v) is 16.6. The number of carbonyl (C=O) groups excluding carboxylic acids is 1. The number of ether oxygens (including phenoxy) is 1. The van der Waals surface area contributed by atoms with E-state index in [9.17, 15) is 9.59 Å². The van der Waals surface area contributed by atoms with E-state index in [1.807, 2.05) is 30.3 Å². The number of halogens is 1. The fourth-order valence-electron chi connectivity index (χ4n) is 3.24. The maximum absolute atomic E-state index is 13.1. The zero-order valence-electron chi connectivity index (χ0n) is 15.8. The first kappa shape index (κ1) is 19.0. The summed E-state index contributed by atoms with van der Waals surface area (Å²) in [5, 5.41) is 0.161. The molecule has 0 aliphatic rings. The van der Waals surface area contributed by atoms with Crippen LogP contribution in [0.5, 0.6) is 5.88 Å². The topological polar surface area (TPSA) is 74.3 Å². The van der Waals surface area contributed by atoms with Crippen molar-refractivity contribution in [3.05, 3.63) is 92.6 Å². The van der Waals surface area contributed by atoms with Crippen LogP contribution in [0.15, 0.2) is 63.8 Å². The van der Waals surface area contributed by atoms with Crippen molar-refractivity contribution in [2.24, 2.45) is 7.05 Å². The van der Waals surface area contributed by atoms with E-state index in [2.05, 4.69) is 4.98 Å². The highest BCUT2D eigenvalue weighted by atomic mass is 35.5. The van der Waals surface area contributed by atoms with Gasteiger partial charge in [-0.05, 0) is 36.2 Å². The summed E-state index contributed by atoms with van der Waals surface area (Å²) in [5.41, 5.74) is 3.45. The number of carbonyl (C=O) groups is 1. The van der Waals surface area contributed by atoms with Gasteiger partial charge in [-0.15, -0.1) is 0 Å². The van der Waals surface area contributed by atoms with E-state index in [0.717, 1.165) is 5.56 Å². The lowest BCUT2D eigenvalue weighted by atomic mass is 9.99. The molecular formula is C22H17ClN2O4. The van der Waals surface area contributed by atoms with E-state index in [1.54, 1.807) is 32.2 Å². The van der Waals surface area contributed by atoms with E-state index < -0.39 is 5.76 Å². The molecule has 4 aromatic rings. The number of aromatic nitrogens is 2. The van der Waals surface area contributed by atoms with Gasteiger partial charge in [-0.2, -0.15) is 0 Å². The number of oxazole rings is 1. The zero-order chi connectivity index (χ0) is 20.5. The predicted octanol–water partition coefficient (Wildman–Crippen LogP) is 4.30. The molecule has 0 saturated heterocycles. The van der Waals surface area contributed by atoms with Gasteiger partial charge in [-0.1, -0.05) is 41.9 Å². The van der Waals surface area contributed by atoms with E-state index >= 15 is 0 Å². The third-order valence-electron chi connectivity index (χ3n) is 4.71. The first-order valence-corrected chi connectivity index (χ1v) is 9.30. The number of benzene rings is 2. The average molecular weight is 409 g/mol. The second-order valence-electron chi connectivity index (χ2n) is 6.63. The molecular weight excluding hydrogens is 392 g/mol. The van der Waals surface area contributed by atoms with Crippen molar-refractivity contribution < 1.29 is 13.9 Å². The van der Waals surface area contributed by atoms with Crippen molar-refractivity contribution >= 4 is 28.5 Å². The molecule has 0 bridgehead atoms. The summed E-state index contributed by atoms with van der Waals surface area (Å²) in [6.45, 7) is 2.09. The molecule has 0 aliphatic carbocycles. The van der Waals surface area contributed by atoms with Gasteiger partial charge in [0.05, 0.1) is 5.52 Å². The molecule has 4 rings (SSSR count). The van der Waals surface area contributed by atoms with E-state index in [0.29, 0.717) is 34.4 Å². The SMILES string of the molecule is Cc1c(C(=O)c2cc(Cl)nc(OCc3ccccc3)c2)ccc2oc(=O)n(C)c12. The lowest BCUT2D eigenvalue weighted by Gasteiger charge is -2.10. The molecule has 0 atom stereocenters. The van der Waals surface area contributed by atoms with E-state index in [1.165, 1.54) is 10.6 Å². The third kappa shape index (κ3) is 3.67. The van der Waals surface area contributed by atoms with Crippen molar-refractivity contribution in [3.8, 4) is 5.88 Å². The van der Waals surface area contributed by atoms with Crippen molar-refractivity contribution in [2.75, 3.05) is 0 Å². The summed E-state index contributed by atoms with van der Waals surface area (Å²) in [4.78, 5) is 29.1. The Morgan fingerprint density at radius 1 is 1.17 bits per heavy atom. The smallest absolute Gasteiger partial charge is 0.419 e. The van der Waals surface area contributed by atoms with Crippen molar-refractivity contribution in [3.63, 3.8) is 0 Å². The molecule has 0 fully saturated rings. The molecule has 0 saturated carbocycles. The maximum Gasteiger partial charge on any atom is 0.419 e. The second-order valence-corrected chi connectivity index (χ2v) is 7.02. The van der Waals surface area contributed by atoms with Gasteiger partial charge in [0.15, 0.2) is 11.4 Å². The number of rotatable bonds is 5. The minimum atomic E-state index is -0.476. The Bertz CT molecular complexity index is 1280. The summed E-state index contributed by atoms with van der Waals surface area (Å²) in [7, 11) is 1.61.